The van der Waals surface area contributed by atoms with E-state index in [0.29, 0.717) is 11.4 Å². The minimum absolute atomic E-state index is 0.138. The predicted octanol–water partition coefficient (Wildman–Crippen LogP) is 1.30. The second-order valence-electron chi connectivity index (χ2n) is 5.64. The van der Waals surface area contributed by atoms with Crippen molar-refractivity contribution in [3.63, 3.8) is 0 Å². The van der Waals surface area contributed by atoms with Crippen molar-refractivity contribution >= 4 is 17.8 Å². The van der Waals surface area contributed by atoms with Crippen LogP contribution in [0.5, 0.6) is 0 Å². The predicted molar refractivity (Wildman–Crippen MR) is 89.8 cm³/mol. The number of imidazole rings is 1. The lowest BCUT2D eigenvalue weighted by atomic mass is 9.84. The lowest BCUT2D eigenvalue weighted by molar-refractivity contribution is -0.391. The molecule has 10 nitrogen and oxygen atoms in total. The number of methoxy groups -OCH3 is 1. The summed E-state index contributed by atoms with van der Waals surface area (Å²) in [5, 5.41) is 14.1. The molecule has 0 radical (unpaired) electrons. The Balaban J connectivity index is 2.73. The number of rotatable bonds is 5. The summed E-state index contributed by atoms with van der Waals surface area (Å²) in [6.07, 6.45) is 1.08. The third kappa shape index (κ3) is 3.17. The van der Waals surface area contributed by atoms with Crippen molar-refractivity contribution in [3.05, 3.63) is 44.7 Å². The SMILES string of the molecule is CCOC(=O)C1=C(C)NC(C)=C(C(=O)OC)C1c1ncc([N+](=O)[O-])n1C. The van der Waals surface area contributed by atoms with Crippen molar-refractivity contribution in [1.82, 2.24) is 14.9 Å². The van der Waals surface area contributed by atoms with Gasteiger partial charge in [0.15, 0.2) is 0 Å². The van der Waals surface area contributed by atoms with E-state index in [-0.39, 0.29) is 29.4 Å². The number of carbonyl (C=O) groups is 2. The number of esters is 2. The van der Waals surface area contributed by atoms with Gasteiger partial charge < -0.3 is 24.9 Å². The van der Waals surface area contributed by atoms with Gasteiger partial charge in [-0.2, -0.15) is 0 Å². The number of nitro groups is 1. The first-order chi connectivity index (χ1) is 12.2. The maximum atomic E-state index is 12.5. The Labute approximate surface area is 149 Å². The largest absolute Gasteiger partial charge is 0.466 e. The molecule has 0 fully saturated rings. The zero-order valence-corrected chi connectivity index (χ0v) is 15.2. The van der Waals surface area contributed by atoms with Crippen molar-refractivity contribution in [2.24, 2.45) is 7.05 Å². The van der Waals surface area contributed by atoms with Crippen LogP contribution in [0, 0.1) is 10.1 Å². The monoisotopic (exact) mass is 364 g/mol. The van der Waals surface area contributed by atoms with Crippen LogP contribution in [-0.4, -0.2) is 40.1 Å². The molecule has 0 aromatic carbocycles. The van der Waals surface area contributed by atoms with E-state index < -0.39 is 22.8 Å². The summed E-state index contributed by atoms with van der Waals surface area (Å²) < 4.78 is 11.2. The molecule has 1 atom stereocenters. The number of ether oxygens (including phenoxy) is 2. The molecule has 1 aliphatic heterocycles. The Kier molecular flexibility index (Phi) is 5.44. The lowest BCUT2D eigenvalue weighted by Gasteiger charge is -2.28. The molecule has 1 aromatic rings. The quantitative estimate of drug-likeness (QED) is 0.471. The molecule has 10 heteroatoms. The molecule has 1 N–H and O–H groups in total. The van der Waals surface area contributed by atoms with Crippen molar-refractivity contribution in [2.45, 2.75) is 26.7 Å². The number of hydrogen-bond donors (Lipinski definition) is 1. The average Bonchev–Trinajstić information content (AvgIpc) is 2.95. The van der Waals surface area contributed by atoms with Crippen LogP contribution in [0.1, 0.15) is 32.5 Å². The molecule has 2 rings (SSSR count). The number of dihydropyridines is 1. The molecule has 26 heavy (non-hydrogen) atoms. The first kappa shape index (κ1) is 19.2. The van der Waals surface area contributed by atoms with Crippen molar-refractivity contribution in [3.8, 4) is 0 Å². The summed E-state index contributed by atoms with van der Waals surface area (Å²) in [5.41, 5.74) is 1.24. The Morgan fingerprint density at radius 3 is 2.35 bits per heavy atom. The van der Waals surface area contributed by atoms with E-state index in [1.54, 1.807) is 20.8 Å². The smallest absolute Gasteiger partial charge is 0.342 e. The first-order valence-electron chi connectivity index (χ1n) is 7.84. The van der Waals surface area contributed by atoms with Gasteiger partial charge in [-0.3, -0.25) is 0 Å². The van der Waals surface area contributed by atoms with Gasteiger partial charge in [0.25, 0.3) is 0 Å². The molecule has 0 saturated heterocycles. The minimum Gasteiger partial charge on any atom is -0.466 e. The molecule has 0 saturated carbocycles. The summed E-state index contributed by atoms with van der Waals surface area (Å²) in [6.45, 7) is 5.11. The van der Waals surface area contributed by atoms with Crippen LogP contribution in [0.3, 0.4) is 0 Å². The maximum absolute atomic E-state index is 12.5. The molecule has 140 valence electrons. The van der Waals surface area contributed by atoms with Crippen molar-refractivity contribution in [1.29, 1.82) is 0 Å². The zero-order chi connectivity index (χ0) is 19.6. The van der Waals surface area contributed by atoms with Gasteiger partial charge in [0, 0.05) is 11.4 Å². The van der Waals surface area contributed by atoms with Gasteiger partial charge in [-0.25, -0.2) is 19.1 Å². The molecule has 0 spiro atoms. The van der Waals surface area contributed by atoms with Crippen LogP contribution < -0.4 is 5.32 Å². The average molecular weight is 364 g/mol. The summed E-state index contributed by atoms with van der Waals surface area (Å²) in [4.78, 5) is 39.6. The number of nitrogens with one attached hydrogen (secondary N) is 1. The molecular formula is C16H20N4O6. The van der Waals surface area contributed by atoms with Gasteiger partial charge in [-0.1, -0.05) is 0 Å². The van der Waals surface area contributed by atoms with Gasteiger partial charge >= 0.3 is 17.8 Å². The highest BCUT2D eigenvalue weighted by atomic mass is 16.6. The Morgan fingerprint density at radius 2 is 1.88 bits per heavy atom. The van der Waals surface area contributed by atoms with E-state index in [1.165, 1.54) is 18.7 Å². The van der Waals surface area contributed by atoms with Crippen LogP contribution >= 0.6 is 0 Å². The first-order valence-corrected chi connectivity index (χ1v) is 7.84. The van der Waals surface area contributed by atoms with E-state index in [9.17, 15) is 19.7 Å². The fourth-order valence-electron chi connectivity index (χ4n) is 2.96. The normalized spacial score (nSPS) is 17.0. The highest BCUT2D eigenvalue weighted by molar-refractivity contribution is 5.99. The number of hydrogen-bond acceptors (Lipinski definition) is 8. The van der Waals surface area contributed by atoms with Crippen LogP contribution in [-0.2, 0) is 26.1 Å². The van der Waals surface area contributed by atoms with E-state index in [1.807, 2.05) is 0 Å². The minimum atomic E-state index is -0.957. The summed E-state index contributed by atoms with van der Waals surface area (Å²) >= 11 is 0. The van der Waals surface area contributed by atoms with Gasteiger partial charge in [0.05, 0.1) is 31.9 Å². The molecular weight excluding hydrogens is 344 g/mol. The van der Waals surface area contributed by atoms with E-state index in [2.05, 4.69) is 10.3 Å². The molecule has 0 bridgehead atoms. The number of aromatic nitrogens is 2. The lowest BCUT2D eigenvalue weighted by Crippen LogP contribution is -2.33. The highest BCUT2D eigenvalue weighted by Crippen LogP contribution is 2.39. The van der Waals surface area contributed by atoms with Gasteiger partial charge in [-0.05, 0) is 25.7 Å². The highest BCUT2D eigenvalue weighted by Gasteiger charge is 2.42. The molecule has 0 aliphatic carbocycles. The summed E-state index contributed by atoms with van der Waals surface area (Å²) in [7, 11) is 2.67. The van der Waals surface area contributed by atoms with Crippen LogP contribution in [0.2, 0.25) is 0 Å². The van der Waals surface area contributed by atoms with E-state index in [4.69, 9.17) is 9.47 Å². The molecule has 0 amide bonds. The second-order valence-corrected chi connectivity index (χ2v) is 5.64. The van der Waals surface area contributed by atoms with E-state index >= 15 is 0 Å². The maximum Gasteiger partial charge on any atom is 0.342 e. The third-order valence-electron chi connectivity index (χ3n) is 4.11. The van der Waals surface area contributed by atoms with Crippen molar-refractivity contribution in [2.75, 3.05) is 13.7 Å². The fraction of sp³-hybridized carbons (Fsp3) is 0.438. The summed E-state index contributed by atoms with van der Waals surface area (Å²) in [5.74, 6) is -2.36. The molecule has 1 aliphatic rings. The number of allylic oxidation sites excluding steroid dienone is 2. The summed E-state index contributed by atoms with van der Waals surface area (Å²) in [6, 6.07) is 0. The Morgan fingerprint density at radius 1 is 1.31 bits per heavy atom. The topological polar surface area (TPSA) is 126 Å². The van der Waals surface area contributed by atoms with Crippen LogP contribution in [0.4, 0.5) is 5.82 Å². The standard InChI is InChI=1S/C16H20N4O6/c1-6-26-16(22)12-9(3)18-8(2)11(15(21)25-5)13(12)14-17-7-10(19(14)4)20(23)24/h7,13,18H,6H2,1-5H3. The van der Waals surface area contributed by atoms with Gasteiger partial charge in [-0.15, -0.1) is 0 Å². The zero-order valence-electron chi connectivity index (χ0n) is 15.2. The third-order valence-corrected chi connectivity index (χ3v) is 4.11. The Bertz CT molecular complexity index is 836. The van der Waals surface area contributed by atoms with Crippen LogP contribution in [0.15, 0.2) is 28.7 Å². The van der Waals surface area contributed by atoms with Gasteiger partial charge in [0.1, 0.15) is 12.1 Å². The fourth-order valence-corrected chi connectivity index (χ4v) is 2.96. The van der Waals surface area contributed by atoms with Crippen molar-refractivity contribution < 1.29 is 24.0 Å². The Hall–Kier alpha value is -3.17. The second kappa shape index (κ2) is 7.38. The molecule has 1 unspecified atom stereocenters. The van der Waals surface area contributed by atoms with E-state index in [0.717, 1.165) is 6.20 Å². The number of carbonyl (C=O) groups excluding carboxylic acids is 2. The molecule has 1 aromatic heterocycles. The number of nitrogens with zero attached hydrogens (tertiary/aromatic N) is 3. The van der Waals surface area contributed by atoms with Crippen LogP contribution in [0.25, 0.3) is 0 Å². The van der Waals surface area contributed by atoms with Gasteiger partial charge in [0.2, 0.25) is 5.82 Å². The molecule has 2 heterocycles.